The molecular formula is C19H18N2O5. The molecular weight excluding hydrogens is 336 g/mol. The molecule has 1 aromatic heterocycles. The van der Waals surface area contributed by atoms with Gasteiger partial charge in [-0.05, 0) is 31.2 Å². The van der Waals surface area contributed by atoms with Gasteiger partial charge in [-0.15, -0.1) is 0 Å². The second-order valence-corrected chi connectivity index (χ2v) is 6.26. The van der Waals surface area contributed by atoms with Crippen molar-refractivity contribution in [3.8, 4) is 11.8 Å². The van der Waals surface area contributed by atoms with Crippen LogP contribution in [0.1, 0.15) is 24.1 Å². The molecule has 1 aliphatic rings. The van der Waals surface area contributed by atoms with Crippen molar-refractivity contribution in [1.82, 2.24) is 4.57 Å². The average molecular weight is 354 g/mol. The van der Waals surface area contributed by atoms with Gasteiger partial charge in [0.2, 0.25) is 0 Å². The maximum Gasteiger partial charge on any atom is 0.293 e. The van der Waals surface area contributed by atoms with E-state index in [-0.39, 0.29) is 12.2 Å². The molecule has 0 aliphatic carbocycles. The summed E-state index contributed by atoms with van der Waals surface area (Å²) in [4.78, 5) is 23.7. The van der Waals surface area contributed by atoms with Gasteiger partial charge in [-0.25, -0.2) is 0 Å². The van der Waals surface area contributed by atoms with Gasteiger partial charge in [0.05, 0.1) is 18.2 Å². The molecule has 26 heavy (non-hydrogen) atoms. The number of carbonyl (C=O) groups is 1. The summed E-state index contributed by atoms with van der Waals surface area (Å²) in [6.45, 7) is 2.23. The second kappa shape index (κ2) is 7.02. The van der Waals surface area contributed by atoms with Crippen LogP contribution in [0.2, 0.25) is 0 Å². The summed E-state index contributed by atoms with van der Waals surface area (Å²) in [6, 6.07) is 11.2. The van der Waals surface area contributed by atoms with E-state index in [1.165, 1.54) is 17.7 Å². The molecule has 1 aliphatic heterocycles. The van der Waals surface area contributed by atoms with Crippen LogP contribution in [-0.4, -0.2) is 36.5 Å². The highest BCUT2D eigenvalue weighted by Crippen LogP contribution is 2.43. The van der Waals surface area contributed by atoms with E-state index in [4.69, 9.17) is 14.2 Å². The fraction of sp³-hybridized carbons (Fsp3) is 0.316. The standard InChI is InChI=1S/C19H18N2O5/c1-19(11-24-2)18(25-12-22)17(21-8-4-3-5-16(21)23)14-9-13(10-20)6-7-15(14)26-19/h3-9,12,17-18H,11H2,1-2H3. The highest BCUT2D eigenvalue weighted by atomic mass is 16.6. The van der Waals surface area contributed by atoms with Gasteiger partial charge in [-0.2, -0.15) is 5.26 Å². The van der Waals surface area contributed by atoms with Gasteiger partial charge in [0.25, 0.3) is 12.0 Å². The lowest BCUT2D eigenvalue weighted by Crippen LogP contribution is -2.57. The topological polar surface area (TPSA) is 90.6 Å². The van der Waals surface area contributed by atoms with Gasteiger partial charge in [0, 0.05) is 24.9 Å². The van der Waals surface area contributed by atoms with Crippen LogP contribution in [0.4, 0.5) is 0 Å². The zero-order valence-corrected chi connectivity index (χ0v) is 14.4. The SMILES string of the molecule is COCC1(C)Oc2ccc(C#N)cc2C(n2ccccc2=O)C1OC=O. The number of nitrogens with zero attached hydrogens (tertiary/aromatic N) is 2. The quantitative estimate of drug-likeness (QED) is 0.759. The van der Waals surface area contributed by atoms with Crippen LogP contribution in [0.5, 0.6) is 5.75 Å². The zero-order valence-electron chi connectivity index (χ0n) is 14.4. The van der Waals surface area contributed by atoms with Gasteiger partial charge in [0.1, 0.15) is 11.8 Å². The summed E-state index contributed by atoms with van der Waals surface area (Å²) in [6.07, 6.45) is 0.789. The third-order valence-electron chi connectivity index (χ3n) is 4.47. The van der Waals surface area contributed by atoms with Crippen LogP contribution in [0.15, 0.2) is 47.4 Å². The Morgan fingerprint density at radius 3 is 2.85 bits per heavy atom. The molecule has 3 unspecified atom stereocenters. The first-order valence-corrected chi connectivity index (χ1v) is 8.02. The highest BCUT2D eigenvalue weighted by Gasteiger charge is 2.50. The van der Waals surface area contributed by atoms with Crippen molar-refractivity contribution in [3.05, 3.63) is 64.1 Å². The highest BCUT2D eigenvalue weighted by molar-refractivity contribution is 5.48. The smallest absolute Gasteiger partial charge is 0.293 e. The number of ether oxygens (including phenoxy) is 3. The third-order valence-corrected chi connectivity index (χ3v) is 4.47. The van der Waals surface area contributed by atoms with E-state index >= 15 is 0 Å². The molecule has 0 saturated carbocycles. The zero-order chi connectivity index (χ0) is 18.7. The number of rotatable bonds is 5. The van der Waals surface area contributed by atoms with Crippen molar-refractivity contribution in [3.63, 3.8) is 0 Å². The number of carbonyl (C=O) groups excluding carboxylic acids is 1. The minimum Gasteiger partial charge on any atom is -0.481 e. The summed E-state index contributed by atoms with van der Waals surface area (Å²) < 4.78 is 18.2. The van der Waals surface area contributed by atoms with Crippen molar-refractivity contribution in [2.75, 3.05) is 13.7 Å². The van der Waals surface area contributed by atoms with Crippen LogP contribution in [0, 0.1) is 11.3 Å². The number of methoxy groups -OCH3 is 1. The molecule has 3 rings (SSSR count). The Morgan fingerprint density at radius 2 is 2.19 bits per heavy atom. The van der Waals surface area contributed by atoms with Crippen molar-refractivity contribution in [1.29, 1.82) is 5.26 Å². The first-order chi connectivity index (χ1) is 12.5. The molecule has 0 fully saturated rings. The molecule has 2 heterocycles. The molecule has 7 heteroatoms. The van der Waals surface area contributed by atoms with E-state index in [1.54, 1.807) is 43.5 Å². The monoisotopic (exact) mass is 354 g/mol. The molecule has 0 bridgehead atoms. The number of benzene rings is 1. The Labute approximate surface area is 150 Å². The largest absolute Gasteiger partial charge is 0.481 e. The van der Waals surface area contributed by atoms with E-state index in [1.807, 2.05) is 0 Å². The molecule has 0 amide bonds. The Hall–Kier alpha value is -3.11. The van der Waals surface area contributed by atoms with E-state index < -0.39 is 17.7 Å². The Kier molecular flexibility index (Phi) is 4.78. The maximum atomic E-state index is 12.5. The molecule has 0 saturated heterocycles. The lowest BCUT2D eigenvalue weighted by molar-refractivity contribution is -0.159. The predicted octanol–water partition coefficient (Wildman–Crippen LogP) is 1.65. The number of aromatic nitrogens is 1. The first kappa shape index (κ1) is 17.7. The molecule has 0 spiro atoms. The number of hydrogen-bond acceptors (Lipinski definition) is 6. The second-order valence-electron chi connectivity index (χ2n) is 6.26. The average Bonchev–Trinajstić information content (AvgIpc) is 2.63. The van der Waals surface area contributed by atoms with Crippen LogP contribution >= 0.6 is 0 Å². The number of pyridine rings is 1. The van der Waals surface area contributed by atoms with Gasteiger partial charge in [-0.3, -0.25) is 9.59 Å². The van der Waals surface area contributed by atoms with Crippen LogP contribution < -0.4 is 10.3 Å². The molecule has 134 valence electrons. The lowest BCUT2D eigenvalue weighted by Gasteiger charge is -2.45. The summed E-state index contributed by atoms with van der Waals surface area (Å²) in [5.74, 6) is 0.509. The number of hydrogen-bond donors (Lipinski definition) is 0. The number of fused-ring (bicyclic) bond motifs is 1. The molecule has 2 aromatic rings. The van der Waals surface area contributed by atoms with E-state index in [0.717, 1.165) is 0 Å². The van der Waals surface area contributed by atoms with Crippen molar-refractivity contribution >= 4 is 6.47 Å². The normalized spacial score (nSPS) is 24.0. The maximum absolute atomic E-state index is 12.5. The van der Waals surface area contributed by atoms with Crippen molar-refractivity contribution in [2.45, 2.75) is 24.7 Å². The van der Waals surface area contributed by atoms with Crippen LogP contribution in [0.3, 0.4) is 0 Å². The van der Waals surface area contributed by atoms with E-state index in [9.17, 15) is 14.9 Å². The molecule has 1 aromatic carbocycles. The summed E-state index contributed by atoms with van der Waals surface area (Å²) in [7, 11) is 1.52. The summed E-state index contributed by atoms with van der Waals surface area (Å²) in [5.41, 5.74) is -0.261. The van der Waals surface area contributed by atoms with E-state index in [0.29, 0.717) is 23.3 Å². The predicted molar refractivity (Wildman–Crippen MR) is 91.8 cm³/mol. The molecule has 3 atom stereocenters. The summed E-state index contributed by atoms with van der Waals surface area (Å²) >= 11 is 0. The summed E-state index contributed by atoms with van der Waals surface area (Å²) in [5, 5.41) is 9.24. The lowest BCUT2D eigenvalue weighted by atomic mass is 9.84. The fourth-order valence-corrected chi connectivity index (χ4v) is 3.39. The van der Waals surface area contributed by atoms with E-state index in [2.05, 4.69) is 6.07 Å². The molecule has 0 N–H and O–H groups in total. The minimum atomic E-state index is -1.02. The Morgan fingerprint density at radius 1 is 1.38 bits per heavy atom. The number of nitriles is 1. The van der Waals surface area contributed by atoms with Crippen molar-refractivity contribution < 1.29 is 19.0 Å². The first-order valence-electron chi connectivity index (χ1n) is 8.02. The van der Waals surface area contributed by atoms with Crippen LogP contribution in [-0.2, 0) is 14.3 Å². The fourth-order valence-electron chi connectivity index (χ4n) is 3.39. The van der Waals surface area contributed by atoms with Crippen LogP contribution in [0.25, 0.3) is 0 Å². The molecule has 0 radical (unpaired) electrons. The molecule has 7 nitrogen and oxygen atoms in total. The van der Waals surface area contributed by atoms with Gasteiger partial charge in [0.15, 0.2) is 11.7 Å². The Bertz CT molecular complexity index is 917. The van der Waals surface area contributed by atoms with Gasteiger partial charge >= 0.3 is 0 Å². The minimum absolute atomic E-state index is 0.142. The van der Waals surface area contributed by atoms with Gasteiger partial charge in [-0.1, -0.05) is 6.07 Å². The van der Waals surface area contributed by atoms with Gasteiger partial charge < -0.3 is 18.8 Å². The Balaban J connectivity index is 2.27. The van der Waals surface area contributed by atoms with Crippen molar-refractivity contribution in [2.24, 2.45) is 0 Å². The third kappa shape index (κ3) is 2.95.